The van der Waals surface area contributed by atoms with Crippen molar-refractivity contribution in [2.45, 2.75) is 58.3 Å². The van der Waals surface area contributed by atoms with Gasteiger partial charge >= 0.3 is 6.18 Å². The third-order valence-electron chi connectivity index (χ3n) is 8.44. The van der Waals surface area contributed by atoms with Crippen LogP contribution in [-0.4, -0.2) is 37.7 Å². The van der Waals surface area contributed by atoms with Gasteiger partial charge in [0.25, 0.3) is 0 Å². The Kier molecular flexibility index (Phi) is 7.84. The number of fused-ring (bicyclic) bond motifs is 1. The van der Waals surface area contributed by atoms with E-state index in [9.17, 15) is 23.7 Å². The molecular formula is C35H32F3N9. The van der Waals surface area contributed by atoms with E-state index in [0.717, 1.165) is 27.1 Å². The molecule has 2 N–H and O–H groups in total. The first-order chi connectivity index (χ1) is 22.3. The van der Waals surface area contributed by atoms with Crippen molar-refractivity contribution in [3.05, 3.63) is 95.1 Å². The zero-order valence-electron chi connectivity index (χ0n) is 26.3. The SMILES string of the molecule is Cc1c(-c2ccccn2)cccc1C(Nc1cc(C#N)c2ncc(C#N)c(NCC(C)(C)C)c2c1)c1cn(C2(C(F)(F)F)CC2)nn1. The number of rotatable bonds is 8. The summed E-state index contributed by atoms with van der Waals surface area (Å²) in [6, 6.07) is 18.3. The number of halogens is 3. The lowest BCUT2D eigenvalue weighted by molar-refractivity contribution is -0.182. The van der Waals surface area contributed by atoms with E-state index in [2.05, 4.69) is 63.8 Å². The van der Waals surface area contributed by atoms with Crippen LogP contribution in [0.5, 0.6) is 0 Å². The van der Waals surface area contributed by atoms with Gasteiger partial charge in [-0.1, -0.05) is 50.3 Å². The summed E-state index contributed by atoms with van der Waals surface area (Å²) in [5.41, 5.74) is 3.31. The fourth-order valence-corrected chi connectivity index (χ4v) is 5.72. The molecule has 1 atom stereocenters. The van der Waals surface area contributed by atoms with Gasteiger partial charge < -0.3 is 10.6 Å². The Bertz CT molecular complexity index is 2040. The number of benzene rings is 2. The Morgan fingerprint density at radius 2 is 1.77 bits per heavy atom. The highest BCUT2D eigenvalue weighted by atomic mass is 19.4. The molecule has 0 saturated heterocycles. The van der Waals surface area contributed by atoms with Crippen molar-refractivity contribution in [2.75, 3.05) is 17.2 Å². The van der Waals surface area contributed by atoms with Crippen molar-refractivity contribution in [1.82, 2.24) is 25.0 Å². The van der Waals surface area contributed by atoms with Gasteiger partial charge in [0.2, 0.25) is 0 Å². The number of pyridine rings is 2. The minimum atomic E-state index is -4.47. The molecule has 0 spiro atoms. The molecule has 0 bridgehead atoms. The number of hydrogen-bond donors (Lipinski definition) is 2. The highest BCUT2D eigenvalue weighted by Crippen LogP contribution is 2.55. The summed E-state index contributed by atoms with van der Waals surface area (Å²) in [7, 11) is 0. The van der Waals surface area contributed by atoms with E-state index in [-0.39, 0.29) is 29.5 Å². The van der Waals surface area contributed by atoms with Gasteiger partial charge in [-0.2, -0.15) is 23.7 Å². The summed E-state index contributed by atoms with van der Waals surface area (Å²) in [6.07, 6.45) is -0.118. The van der Waals surface area contributed by atoms with Crippen molar-refractivity contribution >= 4 is 22.3 Å². The molecule has 1 aliphatic rings. The van der Waals surface area contributed by atoms with E-state index in [1.807, 2.05) is 43.3 Å². The van der Waals surface area contributed by atoms with Gasteiger partial charge in [-0.3, -0.25) is 9.97 Å². The molecule has 47 heavy (non-hydrogen) atoms. The van der Waals surface area contributed by atoms with Crippen LogP contribution in [0.15, 0.2) is 67.1 Å². The van der Waals surface area contributed by atoms with Crippen LogP contribution in [0.25, 0.3) is 22.2 Å². The van der Waals surface area contributed by atoms with Crippen molar-refractivity contribution in [2.24, 2.45) is 5.41 Å². The maximum Gasteiger partial charge on any atom is 0.413 e. The first-order valence-corrected chi connectivity index (χ1v) is 15.1. The zero-order valence-corrected chi connectivity index (χ0v) is 26.3. The lowest BCUT2D eigenvalue weighted by Crippen LogP contribution is -2.35. The minimum absolute atomic E-state index is 0.0691. The Labute approximate surface area is 270 Å². The van der Waals surface area contributed by atoms with Crippen molar-refractivity contribution in [3.8, 4) is 23.4 Å². The normalized spacial score (nSPS) is 14.7. The van der Waals surface area contributed by atoms with E-state index in [1.165, 1.54) is 12.4 Å². The summed E-state index contributed by atoms with van der Waals surface area (Å²) < 4.78 is 43.1. The third kappa shape index (κ3) is 5.95. The Balaban J connectivity index is 1.51. The number of aromatic nitrogens is 5. The minimum Gasteiger partial charge on any atom is -0.383 e. The Morgan fingerprint density at radius 3 is 2.40 bits per heavy atom. The smallest absolute Gasteiger partial charge is 0.383 e. The van der Waals surface area contributed by atoms with Gasteiger partial charge in [-0.25, -0.2) is 4.68 Å². The predicted molar refractivity (Wildman–Crippen MR) is 172 cm³/mol. The van der Waals surface area contributed by atoms with Crippen LogP contribution in [-0.2, 0) is 5.54 Å². The molecule has 0 radical (unpaired) electrons. The lowest BCUT2D eigenvalue weighted by Gasteiger charge is -2.24. The second kappa shape index (κ2) is 11.7. The van der Waals surface area contributed by atoms with Crippen LogP contribution in [0.3, 0.4) is 0 Å². The molecule has 12 heteroatoms. The molecule has 1 saturated carbocycles. The summed E-state index contributed by atoms with van der Waals surface area (Å²) >= 11 is 0. The average Bonchev–Trinajstić information content (AvgIpc) is 3.73. The average molecular weight is 636 g/mol. The molecule has 3 aromatic heterocycles. The number of nitrogens with zero attached hydrogens (tertiary/aromatic N) is 7. The monoisotopic (exact) mass is 635 g/mol. The molecular weight excluding hydrogens is 603 g/mol. The largest absolute Gasteiger partial charge is 0.413 e. The Morgan fingerprint density at radius 1 is 1.00 bits per heavy atom. The first kappa shape index (κ1) is 31.5. The zero-order chi connectivity index (χ0) is 33.6. The standard InChI is InChI=1S/C35H32F3N9/c1-21-25(28-10-5-6-13-41-28)8-7-9-26(21)32(29-19-47(46-45-29)34(11-12-34)35(36,37)38)44-24-14-22(16-39)30-27(15-24)31(23(17-40)18-42-30)43-20-33(2,3)4/h5-10,13-15,18-19,32,44H,11-12,20H2,1-4H3,(H,42,43). The molecule has 3 heterocycles. The number of nitrogens with one attached hydrogen (secondary N) is 2. The summed E-state index contributed by atoms with van der Waals surface area (Å²) in [5.74, 6) is 0. The fraction of sp³-hybridized carbons (Fsp3) is 0.314. The van der Waals surface area contributed by atoms with Crippen molar-refractivity contribution < 1.29 is 13.2 Å². The van der Waals surface area contributed by atoms with Crippen LogP contribution in [0, 0.1) is 35.0 Å². The molecule has 5 aromatic rings. The molecule has 6 rings (SSSR count). The second-order valence-corrected chi connectivity index (χ2v) is 13.0. The highest BCUT2D eigenvalue weighted by molar-refractivity contribution is 5.99. The van der Waals surface area contributed by atoms with E-state index in [1.54, 1.807) is 18.3 Å². The number of nitriles is 2. The van der Waals surface area contributed by atoms with Crippen LogP contribution < -0.4 is 10.6 Å². The van der Waals surface area contributed by atoms with Gasteiger partial charge in [0.15, 0.2) is 5.54 Å². The molecule has 2 aromatic carbocycles. The van der Waals surface area contributed by atoms with Crippen LogP contribution >= 0.6 is 0 Å². The molecule has 0 aliphatic heterocycles. The molecule has 1 fully saturated rings. The molecule has 0 amide bonds. The van der Waals surface area contributed by atoms with Gasteiger partial charge in [0, 0.05) is 35.6 Å². The number of hydrogen-bond acceptors (Lipinski definition) is 8. The third-order valence-corrected chi connectivity index (χ3v) is 8.44. The van der Waals surface area contributed by atoms with Gasteiger partial charge in [-0.15, -0.1) is 5.10 Å². The van der Waals surface area contributed by atoms with Crippen LogP contribution in [0.2, 0.25) is 0 Å². The predicted octanol–water partition coefficient (Wildman–Crippen LogP) is 7.65. The maximum absolute atomic E-state index is 14.1. The number of alkyl halides is 3. The molecule has 238 valence electrons. The first-order valence-electron chi connectivity index (χ1n) is 15.1. The summed E-state index contributed by atoms with van der Waals surface area (Å²) in [4.78, 5) is 8.93. The Hall–Kier alpha value is -5.49. The highest BCUT2D eigenvalue weighted by Gasteiger charge is 2.66. The topological polar surface area (TPSA) is 128 Å². The van der Waals surface area contributed by atoms with E-state index in [4.69, 9.17) is 0 Å². The molecule has 1 aliphatic carbocycles. The summed E-state index contributed by atoms with van der Waals surface area (Å²) in [5, 5.41) is 35.7. The van der Waals surface area contributed by atoms with Gasteiger partial charge in [0.05, 0.1) is 40.3 Å². The second-order valence-electron chi connectivity index (χ2n) is 13.0. The van der Waals surface area contributed by atoms with E-state index in [0.29, 0.717) is 34.4 Å². The quantitative estimate of drug-likeness (QED) is 0.178. The fourth-order valence-electron chi connectivity index (χ4n) is 5.72. The van der Waals surface area contributed by atoms with Crippen LogP contribution in [0.1, 0.15) is 67.6 Å². The van der Waals surface area contributed by atoms with Crippen molar-refractivity contribution in [1.29, 1.82) is 10.5 Å². The maximum atomic E-state index is 14.1. The van der Waals surface area contributed by atoms with Gasteiger partial charge in [-0.05, 0) is 60.6 Å². The van der Waals surface area contributed by atoms with Gasteiger partial charge in [0.1, 0.15) is 17.8 Å². The molecule has 1 unspecified atom stereocenters. The molecule has 9 nitrogen and oxygen atoms in total. The van der Waals surface area contributed by atoms with E-state index < -0.39 is 17.8 Å². The van der Waals surface area contributed by atoms with Crippen LogP contribution in [0.4, 0.5) is 24.5 Å². The number of anilines is 2. The lowest BCUT2D eigenvalue weighted by atomic mass is 9.93. The summed E-state index contributed by atoms with van der Waals surface area (Å²) in [6.45, 7) is 8.66. The van der Waals surface area contributed by atoms with E-state index >= 15 is 0 Å². The van der Waals surface area contributed by atoms with Crippen molar-refractivity contribution in [3.63, 3.8) is 0 Å².